The van der Waals surface area contributed by atoms with Crippen LogP contribution >= 0.6 is 35.0 Å². The molecule has 0 saturated heterocycles. The second kappa shape index (κ2) is 10.5. The van der Waals surface area contributed by atoms with Gasteiger partial charge in [0.25, 0.3) is 5.91 Å². The zero-order chi connectivity index (χ0) is 24.1. The molecule has 0 unspecified atom stereocenters. The maximum atomic E-state index is 12.6. The van der Waals surface area contributed by atoms with E-state index in [4.69, 9.17) is 28.3 Å². The highest BCUT2D eigenvalue weighted by molar-refractivity contribution is 8.00. The van der Waals surface area contributed by atoms with Crippen molar-refractivity contribution in [1.82, 2.24) is 0 Å². The maximum absolute atomic E-state index is 12.6. The van der Waals surface area contributed by atoms with Gasteiger partial charge >= 0.3 is 11.9 Å². The first-order chi connectivity index (χ1) is 15.7. The van der Waals surface area contributed by atoms with Crippen LogP contribution in [0, 0.1) is 0 Å². The third-order valence-electron chi connectivity index (χ3n) is 4.44. The van der Waals surface area contributed by atoms with Crippen LogP contribution in [0.3, 0.4) is 0 Å². The van der Waals surface area contributed by atoms with Crippen molar-refractivity contribution in [2.75, 3.05) is 11.1 Å². The fourth-order valence-corrected chi connectivity index (χ4v) is 3.96. The van der Waals surface area contributed by atoms with Gasteiger partial charge in [0.15, 0.2) is 5.78 Å². The van der Waals surface area contributed by atoms with Crippen LogP contribution in [-0.2, 0) is 0 Å². The second-order valence-electron chi connectivity index (χ2n) is 6.69. The molecule has 0 atom stereocenters. The number of ketones is 1. The molecule has 168 valence electrons. The average molecular weight is 504 g/mol. The number of hydrogen-bond donors (Lipinski definition) is 3. The highest BCUT2D eigenvalue weighted by Gasteiger charge is 2.19. The summed E-state index contributed by atoms with van der Waals surface area (Å²) in [5.74, 6) is -3.47. The Morgan fingerprint density at radius 1 is 0.788 bits per heavy atom. The normalized spacial score (nSPS) is 10.5. The lowest BCUT2D eigenvalue weighted by atomic mass is 10.0. The molecule has 0 radical (unpaired) electrons. The fraction of sp³-hybridized carbons (Fsp3) is 0.0435. The summed E-state index contributed by atoms with van der Waals surface area (Å²) in [5.41, 5.74) is -0.0440. The van der Waals surface area contributed by atoms with Crippen molar-refractivity contribution in [3.05, 3.63) is 93.0 Å². The number of carbonyl (C=O) groups is 4. The van der Waals surface area contributed by atoms with E-state index < -0.39 is 23.4 Å². The number of anilines is 1. The van der Waals surface area contributed by atoms with Crippen molar-refractivity contribution in [1.29, 1.82) is 0 Å². The molecule has 0 fully saturated rings. The van der Waals surface area contributed by atoms with Gasteiger partial charge in [-0.15, -0.1) is 11.8 Å². The molecule has 0 bridgehead atoms. The summed E-state index contributed by atoms with van der Waals surface area (Å²) >= 11 is 13.1. The predicted octanol–water partition coefficient (Wildman–Crippen LogP) is 5.62. The first kappa shape index (κ1) is 24.3. The highest BCUT2D eigenvalue weighted by atomic mass is 35.5. The number of carbonyl (C=O) groups excluding carboxylic acids is 2. The molecule has 0 spiro atoms. The Balaban J connectivity index is 1.71. The van der Waals surface area contributed by atoms with Crippen molar-refractivity contribution >= 4 is 64.3 Å². The zero-order valence-electron chi connectivity index (χ0n) is 16.7. The second-order valence-corrected chi connectivity index (χ2v) is 8.56. The minimum Gasteiger partial charge on any atom is -0.478 e. The Morgan fingerprint density at radius 3 is 2.18 bits per heavy atom. The van der Waals surface area contributed by atoms with Crippen molar-refractivity contribution < 1.29 is 29.4 Å². The summed E-state index contributed by atoms with van der Waals surface area (Å²) in [7, 11) is 0. The number of benzene rings is 3. The average Bonchev–Trinajstić information content (AvgIpc) is 2.79. The van der Waals surface area contributed by atoms with Crippen LogP contribution in [0.5, 0.6) is 0 Å². The lowest BCUT2D eigenvalue weighted by Crippen LogP contribution is -2.17. The van der Waals surface area contributed by atoms with Gasteiger partial charge < -0.3 is 15.5 Å². The van der Waals surface area contributed by atoms with Crippen LogP contribution in [0.1, 0.15) is 41.4 Å². The number of hydrogen-bond acceptors (Lipinski definition) is 5. The molecule has 33 heavy (non-hydrogen) atoms. The minimum atomic E-state index is -1.42. The predicted molar refractivity (Wildman–Crippen MR) is 126 cm³/mol. The van der Waals surface area contributed by atoms with E-state index in [1.165, 1.54) is 17.8 Å². The van der Waals surface area contributed by atoms with Crippen LogP contribution < -0.4 is 5.32 Å². The molecule has 0 aromatic heterocycles. The van der Waals surface area contributed by atoms with E-state index in [0.29, 0.717) is 21.2 Å². The molecule has 3 N–H and O–H groups in total. The van der Waals surface area contributed by atoms with Crippen molar-refractivity contribution in [2.45, 2.75) is 4.90 Å². The third-order valence-corrected chi connectivity index (χ3v) is 6.18. The van der Waals surface area contributed by atoms with Gasteiger partial charge in [-0.1, -0.05) is 29.3 Å². The molecule has 3 rings (SSSR count). The van der Waals surface area contributed by atoms with Crippen LogP contribution in [0.25, 0.3) is 0 Å². The first-order valence-corrected chi connectivity index (χ1v) is 11.0. The molecular formula is C23H15Cl2NO6S. The van der Waals surface area contributed by atoms with Gasteiger partial charge in [-0.3, -0.25) is 9.59 Å². The lowest BCUT2D eigenvalue weighted by molar-refractivity contribution is 0.0692. The summed E-state index contributed by atoms with van der Waals surface area (Å²) in [6.07, 6.45) is 0. The van der Waals surface area contributed by atoms with Crippen LogP contribution in [0.15, 0.2) is 65.6 Å². The zero-order valence-corrected chi connectivity index (χ0v) is 19.0. The quantitative estimate of drug-likeness (QED) is 0.269. The Bertz CT molecular complexity index is 1280. The number of halogens is 2. The third kappa shape index (κ3) is 6.13. The Kier molecular flexibility index (Phi) is 7.75. The van der Waals surface area contributed by atoms with E-state index in [-0.39, 0.29) is 27.7 Å². The molecule has 0 aliphatic heterocycles. The molecule has 10 heteroatoms. The molecule has 7 nitrogen and oxygen atoms in total. The standard InChI is InChI=1S/C23H15Cl2NO6S/c24-18-7-5-12(9-19(18)25)20(27)11-33-15-3-1-2-14(10-15)26-21(28)16-6-4-13(22(29)30)8-17(16)23(31)32/h1-10H,11H2,(H,26,28)(H,29,30)(H,31,32). The van der Waals surface area contributed by atoms with Gasteiger partial charge in [0, 0.05) is 16.1 Å². The minimum absolute atomic E-state index is 0.120. The Morgan fingerprint density at radius 2 is 1.52 bits per heavy atom. The molecule has 0 aliphatic rings. The molecule has 0 heterocycles. The first-order valence-electron chi connectivity index (χ1n) is 9.29. The van der Waals surface area contributed by atoms with Gasteiger partial charge in [0.05, 0.1) is 32.5 Å². The number of aromatic carboxylic acids is 2. The van der Waals surface area contributed by atoms with Gasteiger partial charge in [-0.2, -0.15) is 0 Å². The number of amides is 1. The number of thioether (sulfide) groups is 1. The smallest absolute Gasteiger partial charge is 0.336 e. The Hall–Kier alpha value is -3.33. The van der Waals surface area contributed by atoms with E-state index in [9.17, 15) is 24.3 Å². The number of nitrogens with one attached hydrogen (secondary N) is 1. The van der Waals surface area contributed by atoms with Gasteiger partial charge in [-0.05, 0) is 54.6 Å². The topological polar surface area (TPSA) is 121 Å². The van der Waals surface area contributed by atoms with E-state index in [2.05, 4.69) is 5.32 Å². The molecule has 1 amide bonds. The summed E-state index contributed by atoms with van der Waals surface area (Å²) < 4.78 is 0. The van der Waals surface area contributed by atoms with E-state index in [0.717, 1.165) is 18.2 Å². The van der Waals surface area contributed by atoms with Crippen LogP contribution in [0.2, 0.25) is 10.0 Å². The fourth-order valence-electron chi connectivity index (χ4n) is 2.82. The van der Waals surface area contributed by atoms with Crippen molar-refractivity contribution in [3.8, 4) is 0 Å². The number of carboxylic acids is 2. The number of Topliss-reactive ketones (excluding diaryl/α,β-unsaturated/α-hetero) is 1. The monoisotopic (exact) mass is 503 g/mol. The molecule has 3 aromatic rings. The van der Waals surface area contributed by atoms with E-state index in [1.54, 1.807) is 36.4 Å². The van der Waals surface area contributed by atoms with Crippen LogP contribution in [-0.4, -0.2) is 39.6 Å². The van der Waals surface area contributed by atoms with Crippen molar-refractivity contribution in [2.24, 2.45) is 0 Å². The maximum Gasteiger partial charge on any atom is 0.336 e. The summed E-state index contributed by atoms with van der Waals surface area (Å²) in [6, 6.07) is 14.5. The summed E-state index contributed by atoms with van der Waals surface area (Å²) in [4.78, 5) is 48.3. The highest BCUT2D eigenvalue weighted by Crippen LogP contribution is 2.26. The molecule has 3 aromatic carbocycles. The molecular weight excluding hydrogens is 489 g/mol. The largest absolute Gasteiger partial charge is 0.478 e. The van der Waals surface area contributed by atoms with E-state index in [1.807, 2.05) is 0 Å². The Labute approximate surface area is 202 Å². The number of carboxylic acid groups (broad SMARTS) is 2. The molecule has 0 saturated carbocycles. The van der Waals surface area contributed by atoms with Crippen LogP contribution in [0.4, 0.5) is 5.69 Å². The van der Waals surface area contributed by atoms with Crippen molar-refractivity contribution in [3.63, 3.8) is 0 Å². The summed E-state index contributed by atoms with van der Waals surface area (Å²) in [5, 5.41) is 21.6. The van der Waals surface area contributed by atoms with Gasteiger partial charge in [0.2, 0.25) is 0 Å². The SMILES string of the molecule is O=C(O)c1ccc(C(=O)Nc2cccc(SCC(=O)c3ccc(Cl)c(Cl)c3)c2)c(C(=O)O)c1. The van der Waals surface area contributed by atoms with E-state index >= 15 is 0 Å². The van der Waals surface area contributed by atoms with Gasteiger partial charge in [-0.25, -0.2) is 9.59 Å². The van der Waals surface area contributed by atoms with Gasteiger partial charge in [0.1, 0.15) is 0 Å². The number of rotatable bonds is 8. The summed E-state index contributed by atoms with van der Waals surface area (Å²) in [6.45, 7) is 0. The lowest BCUT2D eigenvalue weighted by Gasteiger charge is -2.10. The molecule has 0 aliphatic carbocycles.